The molecule has 19 heavy (non-hydrogen) atoms. The third-order valence-corrected chi connectivity index (χ3v) is 3.08. The number of hydrogen-bond acceptors (Lipinski definition) is 6. The van der Waals surface area contributed by atoms with Crippen LogP contribution in [0.2, 0.25) is 0 Å². The smallest absolute Gasteiger partial charge is 0.325 e. The molecule has 0 saturated carbocycles. The first-order valence-corrected chi connectivity index (χ1v) is 6.49. The van der Waals surface area contributed by atoms with Crippen LogP contribution in [0.3, 0.4) is 0 Å². The van der Waals surface area contributed by atoms with Gasteiger partial charge in [-0.15, -0.1) is 10.2 Å². The summed E-state index contributed by atoms with van der Waals surface area (Å²) in [6.07, 6.45) is 0. The molecule has 0 aliphatic rings. The summed E-state index contributed by atoms with van der Waals surface area (Å²) in [4.78, 5) is 13.7. The maximum atomic E-state index is 11.9. The van der Waals surface area contributed by atoms with E-state index in [1.807, 2.05) is 39.6 Å². The van der Waals surface area contributed by atoms with Gasteiger partial charge in [-0.3, -0.25) is 9.69 Å². The van der Waals surface area contributed by atoms with E-state index in [9.17, 15) is 4.79 Å². The zero-order valence-corrected chi connectivity index (χ0v) is 12.6. The van der Waals surface area contributed by atoms with Crippen LogP contribution in [-0.2, 0) is 16.1 Å². The third kappa shape index (κ3) is 3.76. The van der Waals surface area contributed by atoms with Gasteiger partial charge in [0.1, 0.15) is 5.54 Å². The molecule has 6 heteroatoms. The van der Waals surface area contributed by atoms with Crippen LogP contribution in [0.15, 0.2) is 4.42 Å². The fourth-order valence-corrected chi connectivity index (χ4v) is 1.43. The summed E-state index contributed by atoms with van der Waals surface area (Å²) < 4.78 is 10.6. The Hall–Kier alpha value is -1.43. The van der Waals surface area contributed by atoms with Gasteiger partial charge in [-0.1, -0.05) is 13.8 Å². The predicted molar refractivity (Wildman–Crippen MR) is 70.6 cm³/mol. The lowest BCUT2D eigenvalue weighted by molar-refractivity contribution is -0.155. The van der Waals surface area contributed by atoms with Crippen LogP contribution in [0.1, 0.15) is 52.3 Å². The van der Waals surface area contributed by atoms with Crippen molar-refractivity contribution in [2.75, 3.05) is 13.7 Å². The van der Waals surface area contributed by atoms with Crippen molar-refractivity contribution in [1.82, 2.24) is 15.1 Å². The highest BCUT2D eigenvalue weighted by Gasteiger charge is 2.34. The van der Waals surface area contributed by atoms with Crippen LogP contribution in [-0.4, -0.2) is 40.3 Å². The lowest BCUT2D eigenvalue weighted by Gasteiger charge is -2.31. The molecule has 1 aromatic rings. The van der Waals surface area contributed by atoms with Crippen LogP contribution < -0.4 is 0 Å². The second-order valence-corrected chi connectivity index (χ2v) is 5.32. The van der Waals surface area contributed by atoms with Crippen molar-refractivity contribution in [3.05, 3.63) is 11.8 Å². The Morgan fingerprint density at radius 3 is 2.53 bits per heavy atom. The van der Waals surface area contributed by atoms with Crippen LogP contribution in [0.25, 0.3) is 0 Å². The molecule has 0 aromatic carbocycles. The van der Waals surface area contributed by atoms with Gasteiger partial charge >= 0.3 is 5.97 Å². The lowest BCUT2D eigenvalue weighted by Crippen LogP contribution is -2.48. The van der Waals surface area contributed by atoms with Gasteiger partial charge in [0, 0.05) is 5.92 Å². The molecule has 1 heterocycles. The van der Waals surface area contributed by atoms with Crippen molar-refractivity contribution >= 4 is 5.97 Å². The minimum atomic E-state index is -0.734. The quantitative estimate of drug-likeness (QED) is 0.735. The molecule has 0 saturated heterocycles. The average molecular weight is 269 g/mol. The molecule has 0 fully saturated rings. The van der Waals surface area contributed by atoms with E-state index in [1.54, 1.807) is 6.92 Å². The molecule has 0 aliphatic carbocycles. The van der Waals surface area contributed by atoms with E-state index in [4.69, 9.17) is 9.15 Å². The van der Waals surface area contributed by atoms with Gasteiger partial charge in [0.2, 0.25) is 11.8 Å². The highest BCUT2D eigenvalue weighted by molar-refractivity contribution is 5.79. The summed E-state index contributed by atoms with van der Waals surface area (Å²) in [6.45, 7) is 10.2. The van der Waals surface area contributed by atoms with E-state index in [0.29, 0.717) is 24.9 Å². The van der Waals surface area contributed by atoms with Gasteiger partial charge in [-0.25, -0.2) is 0 Å². The van der Waals surface area contributed by atoms with Crippen LogP contribution in [0.5, 0.6) is 0 Å². The van der Waals surface area contributed by atoms with E-state index in [2.05, 4.69) is 10.2 Å². The molecule has 0 atom stereocenters. The molecule has 6 nitrogen and oxygen atoms in total. The minimum absolute atomic E-state index is 0.199. The molecule has 0 aliphatic heterocycles. The predicted octanol–water partition coefficient (Wildman–Crippen LogP) is 1.97. The minimum Gasteiger partial charge on any atom is -0.465 e. The second-order valence-electron chi connectivity index (χ2n) is 5.32. The highest BCUT2D eigenvalue weighted by atomic mass is 16.5. The summed E-state index contributed by atoms with van der Waals surface area (Å²) >= 11 is 0. The number of esters is 1. The van der Waals surface area contributed by atoms with Crippen LogP contribution >= 0.6 is 0 Å². The molecule has 1 rings (SSSR count). The number of rotatable bonds is 6. The fraction of sp³-hybridized carbons (Fsp3) is 0.769. The number of aromatic nitrogens is 2. The zero-order valence-electron chi connectivity index (χ0n) is 12.6. The molecule has 0 bridgehead atoms. The molecule has 0 spiro atoms. The number of hydrogen-bond donors (Lipinski definition) is 0. The van der Waals surface area contributed by atoms with Gasteiger partial charge in [0.15, 0.2) is 0 Å². The number of nitrogens with zero attached hydrogens (tertiary/aromatic N) is 3. The van der Waals surface area contributed by atoms with Crippen molar-refractivity contribution in [3.63, 3.8) is 0 Å². The van der Waals surface area contributed by atoms with Gasteiger partial charge in [-0.05, 0) is 27.8 Å². The number of likely N-dealkylation sites (N-methyl/N-ethyl adjacent to an activating group) is 1. The second kappa shape index (κ2) is 6.14. The number of carbonyl (C=O) groups excluding carboxylic acids is 1. The first kappa shape index (κ1) is 15.6. The molecule has 0 N–H and O–H groups in total. The largest absolute Gasteiger partial charge is 0.465 e. The fourth-order valence-electron chi connectivity index (χ4n) is 1.43. The van der Waals surface area contributed by atoms with Gasteiger partial charge in [0.05, 0.1) is 13.2 Å². The summed E-state index contributed by atoms with van der Waals surface area (Å²) in [6, 6.07) is 0. The molecule has 1 aromatic heterocycles. The van der Waals surface area contributed by atoms with Crippen molar-refractivity contribution < 1.29 is 13.9 Å². The van der Waals surface area contributed by atoms with E-state index in [0.717, 1.165) is 0 Å². The van der Waals surface area contributed by atoms with Gasteiger partial charge in [-0.2, -0.15) is 0 Å². The first-order chi connectivity index (χ1) is 8.78. The molecule has 0 radical (unpaired) electrons. The molecular formula is C13H23N3O3. The van der Waals surface area contributed by atoms with E-state index in [1.165, 1.54) is 0 Å². The zero-order chi connectivity index (χ0) is 14.6. The molecular weight excluding hydrogens is 246 g/mol. The van der Waals surface area contributed by atoms with E-state index < -0.39 is 5.54 Å². The van der Waals surface area contributed by atoms with E-state index >= 15 is 0 Å². The average Bonchev–Trinajstić information content (AvgIpc) is 2.77. The van der Waals surface area contributed by atoms with Crippen molar-refractivity contribution in [2.24, 2.45) is 0 Å². The molecule has 0 amide bonds. The Labute approximate surface area is 114 Å². The number of ether oxygens (including phenoxy) is 1. The highest BCUT2D eigenvalue weighted by Crippen LogP contribution is 2.19. The van der Waals surface area contributed by atoms with Crippen LogP contribution in [0.4, 0.5) is 0 Å². The summed E-state index contributed by atoms with van der Waals surface area (Å²) in [5, 5.41) is 7.96. The summed E-state index contributed by atoms with van der Waals surface area (Å²) in [5.74, 6) is 1.05. The third-order valence-electron chi connectivity index (χ3n) is 3.08. The van der Waals surface area contributed by atoms with Crippen molar-refractivity contribution in [3.8, 4) is 0 Å². The first-order valence-electron chi connectivity index (χ1n) is 6.49. The summed E-state index contributed by atoms with van der Waals surface area (Å²) in [5.41, 5.74) is -0.734. The topological polar surface area (TPSA) is 68.5 Å². The Kier molecular flexibility index (Phi) is 5.05. The Morgan fingerprint density at radius 1 is 1.42 bits per heavy atom. The monoisotopic (exact) mass is 269 g/mol. The van der Waals surface area contributed by atoms with Crippen molar-refractivity contribution in [1.29, 1.82) is 0 Å². The SMILES string of the molecule is CCOC(=O)C(C)(C)N(C)Cc1nnc(C(C)C)o1. The Bertz CT molecular complexity index is 427. The molecule has 108 valence electrons. The van der Waals surface area contributed by atoms with E-state index in [-0.39, 0.29) is 11.9 Å². The number of carbonyl (C=O) groups is 1. The van der Waals surface area contributed by atoms with Gasteiger partial charge < -0.3 is 9.15 Å². The molecule has 0 unspecified atom stereocenters. The lowest BCUT2D eigenvalue weighted by atomic mass is 10.0. The Balaban J connectivity index is 2.72. The Morgan fingerprint density at radius 2 is 2.05 bits per heavy atom. The van der Waals surface area contributed by atoms with Crippen LogP contribution in [0, 0.1) is 0 Å². The van der Waals surface area contributed by atoms with Gasteiger partial charge in [0.25, 0.3) is 0 Å². The standard InChI is InChI=1S/C13H23N3O3/c1-7-18-12(17)13(4,5)16(6)8-10-14-15-11(19-10)9(2)3/h9H,7-8H2,1-6H3. The summed E-state index contributed by atoms with van der Waals surface area (Å²) in [7, 11) is 1.83. The maximum absolute atomic E-state index is 11.9. The van der Waals surface area contributed by atoms with Crippen molar-refractivity contribution in [2.45, 2.75) is 52.6 Å². The maximum Gasteiger partial charge on any atom is 0.325 e. The normalized spacial score (nSPS) is 12.2.